The summed E-state index contributed by atoms with van der Waals surface area (Å²) in [6.07, 6.45) is 0.548. The lowest BCUT2D eigenvalue weighted by molar-refractivity contribution is 0.157. The molecular weight excluding hydrogens is 243 g/mol. The minimum Gasteiger partial charge on any atom is -0.496 e. The van der Waals surface area contributed by atoms with E-state index in [1.54, 1.807) is 7.11 Å². The zero-order valence-electron chi connectivity index (χ0n) is 11.8. The number of alkyl halides is 1. The van der Waals surface area contributed by atoms with Gasteiger partial charge in [0, 0.05) is 32.2 Å². The fourth-order valence-electron chi connectivity index (χ4n) is 2.70. The largest absolute Gasteiger partial charge is 0.496 e. The van der Waals surface area contributed by atoms with Crippen molar-refractivity contribution in [1.29, 1.82) is 0 Å². The zero-order valence-corrected chi connectivity index (χ0v) is 11.8. The monoisotopic (exact) mass is 266 g/mol. The first-order valence-electron chi connectivity index (χ1n) is 6.91. The molecule has 19 heavy (non-hydrogen) atoms. The van der Waals surface area contributed by atoms with Gasteiger partial charge >= 0.3 is 0 Å². The van der Waals surface area contributed by atoms with E-state index >= 15 is 0 Å². The second-order valence-electron chi connectivity index (χ2n) is 5.01. The molecule has 1 saturated heterocycles. The Balaban J connectivity index is 2.22. The van der Waals surface area contributed by atoms with Gasteiger partial charge in [-0.05, 0) is 30.5 Å². The van der Waals surface area contributed by atoms with Crippen LogP contribution in [0.5, 0.6) is 5.75 Å². The summed E-state index contributed by atoms with van der Waals surface area (Å²) in [5, 5.41) is 3.33. The fourth-order valence-corrected chi connectivity index (χ4v) is 2.70. The summed E-state index contributed by atoms with van der Waals surface area (Å²) in [4.78, 5) is 2.36. The molecule has 1 aromatic carbocycles. The predicted octanol–water partition coefficient (Wildman–Crippen LogP) is 2.31. The highest BCUT2D eigenvalue weighted by molar-refractivity contribution is 5.38. The number of aryl methyl sites for hydroxylation is 1. The second-order valence-corrected chi connectivity index (χ2v) is 5.01. The van der Waals surface area contributed by atoms with Gasteiger partial charge in [-0.25, -0.2) is 0 Å². The van der Waals surface area contributed by atoms with Crippen LogP contribution in [0.4, 0.5) is 4.39 Å². The van der Waals surface area contributed by atoms with Crippen LogP contribution in [-0.4, -0.2) is 44.9 Å². The molecule has 0 spiro atoms. The number of methoxy groups -OCH3 is 1. The van der Waals surface area contributed by atoms with Gasteiger partial charge in [0.2, 0.25) is 0 Å². The Morgan fingerprint density at radius 2 is 2.11 bits per heavy atom. The summed E-state index contributed by atoms with van der Waals surface area (Å²) in [7, 11) is 1.68. The van der Waals surface area contributed by atoms with Crippen molar-refractivity contribution in [2.24, 2.45) is 0 Å². The van der Waals surface area contributed by atoms with E-state index in [1.807, 2.05) is 6.92 Å². The van der Waals surface area contributed by atoms with Gasteiger partial charge in [0.15, 0.2) is 0 Å². The van der Waals surface area contributed by atoms with Gasteiger partial charge < -0.3 is 10.1 Å². The highest BCUT2D eigenvalue weighted by atomic mass is 19.1. The Labute approximate surface area is 114 Å². The SMILES string of the molecule is COc1cc([C@@H](CCF)N2CCNCC2)ccc1C. The van der Waals surface area contributed by atoms with E-state index in [9.17, 15) is 4.39 Å². The maximum atomic E-state index is 12.9. The third kappa shape index (κ3) is 3.45. The van der Waals surface area contributed by atoms with Gasteiger partial charge in [0.1, 0.15) is 5.75 Å². The minimum absolute atomic E-state index is 0.154. The summed E-state index contributed by atoms with van der Waals surface area (Å²) in [5.74, 6) is 0.886. The van der Waals surface area contributed by atoms with Gasteiger partial charge in [-0.2, -0.15) is 0 Å². The topological polar surface area (TPSA) is 24.5 Å². The lowest BCUT2D eigenvalue weighted by Crippen LogP contribution is -2.45. The molecule has 3 nitrogen and oxygen atoms in total. The number of halogens is 1. The normalized spacial score (nSPS) is 18.3. The maximum Gasteiger partial charge on any atom is 0.122 e. The minimum atomic E-state index is -0.287. The average Bonchev–Trinajstić information content (AvgIpc) is 2.46. The maximum absolute atomic E-state index is 12.9. The molecule has 4 heteroatoms. The van der Waals surface area contributed by atoms with Crippen LogP contribution >= 0.6 is 0 Å². The van der Waals surface area contributed by atoms with E-state index in [0.29, 0.717) is 6.42 Å². The summed E-state index contributed by atoms with van der Waals surface area (Å²) < 4.78 is 18.2. The molecule has 0 aromatic heterocycles. The molecule has 1 atom stereocenters. The van der Waals surface area contributed by atoms with Crippen LogP contribution in [0, 0.1) is 6.92 Å². The van der Waals surface area contributed by atoms with Crippen molar-refractivity contribution in [2.45, 2.75) is 19.4 Å². The molecule has 1 fully saturated rings. The van der Waals surface area contributed by atoms with Crippen molar-refractivity contribution in [2.75, 3.05) is 40.0 Å². The van der Waals surface area contributed by atoms with Crippen LogP contribution in [0.15, 0.2) is 18.2 Å². The molecule has 0 aliphatic carbocycles. The number of piperazine rings is 1. The zero-order chi connectivity index (χ0) is 13.7. The quantitative estimate of drug-likeness (QED) is 0.885. The molecule has 106 valence electrons. The molecule has 1 N–H and O–H groups in total. The molecule has 2 rings (SSSR count). The molecule has 1 aliphatic heterocycles. The molecule has 0 bridgehead atoms. The van der Waals surface area contributed by atoms with Crippen molar-refractivity contribution < 1.29 is 9.13 Å². The van der Waals surface area contributed by atoms with Crippen LogP contribution in [-0.2, 0) is 0 Å². The number of rotatable bonds is 5. The first-order chi connectivity index (χ1) is 9.26. The summed E-state index contributed by atoms with van der Waals surface area (Å²) in [6, 6.07) is 6.36. The Bertz CT molecular complexity index is 405. The Hall–Kier alpha value is -1.13. The molecule has 0 amide bonds. The molecule has 1 aliphatic rings. The van der Waals surface area contributed by atoms with Crippen LogP contribution < -0.4 is 10.1 Å². The molecule has 0 radical (unpaired) electrons. The number of hydrogen-bond acceptors (Lipinski definition) is 3. The number of hydrogen-bond donors (Lipinski definition) is 1. The van der Waals surface area contributed by atoms with Crippen LogP contribution in [0.1, 0.15) is 23.6 Å². The molecule has 1 heterocycles. The van der Waals surface area contributed by atoms with Crippen molar-refractivity contribution in [1.82, 2.24) is 10.2 Å². The van der Waals surface area contributed by atoms with Crippen LogP contribution in [0.25, 0.3) is 0 Å². The fraction of sp³-hybridized carbons (Fsp3) is 0.600. The van der Waals surface area contributed by atoms with Gasteiger partial charge in [-0.1, -0.05) is 12.1 Å². The van der Waals surface area contributed by atoms with Gasteiger partial charge in [0.05, 0.1) is 13.8 Å². The van der Waals surface area contributed by atoms with Gasteiger partial charge in [-0.15, -0.1) is 0 Å². The van der Waals surface area contributed by atoms with Crippen molar-refractivity contribution in [3.05, 3.63) is 29.3 Å². The first kappa shape index (κ1) is 14.3. The van der Waals surface area contributed by atoms with Crippen LogP contribution in [0.3, 0.4) is 0 Å². The number of ether oxygens (including phenoxy) is 1. The summed E-state index contributed by atoms with van der Waals surface area (Å²) >= 11 is 0. The average molecular weight is 266 g/mol. The van der Waals surface area contributed by atoms with E-state index in [4.69, 9.17) is 4.74 Å². The molecule has 0 saturated carbocycles. The second kappa shape index (κ2) is 6.87. The lowest BCUT2D eigenvalue weighted by atomic mass is 10.00. The third-order valence-electron chi connectivity index (χ3n) is 3.79. The van der Waals surface area contributed by atoms with E-state index < -0.39 is 0 Å². The van der Waals surface area contributed by atoms with Gasteiger partial charge in [0.25, 0.3) is 0 Å². The first-order valence-corrected chi connectivity index (χ1v) is 6.91. The predicted molar refractivity (Wildman–Crippen MR) is 75.5 cm³/mol. The molecule has 0 unspecified atom stereocenters. The Morgan fingerprint density at radius 3 is 2.74 bits per heavy atom. The standard InChI is InChI=1S/C15H23FN2O/c1-12-3-4-13(11-15(12)19-2)14(5-6-16)18-9-7-17-8-10-18/h3-4,11,14,17H,5-10H2,1-2H3/t14-/m1/s1. The number of nitrogens with zero attached hydrogens (tertiary/aromatic N) is 1. The van der Waals surface area contributed by atoms with E-state index in [-0.39, 0.29) is 12.7 Å². The van der Waals surface area contributed by atoms with Crippen molar-refractivity contribution in [3.63, 3.8) is 0 Å². The highest BCUT2D eigenvalue weighted by Gasteiger charge is 2.22. The third-order valence-corrected chi connectivity index (χ3v) is 3.79. The Morgan fingerprint density at radius 1 is 1.37 bits per heavy atom. The van der Waals surface area contributed by atoms with Crippen LogP contribution in [0.2, 0.25) is 0 Å². The Kier molecular flexibility index (Phi) is 5.16. The van der Waals surface area contributed by atoms with E-state index in [1.165, 1.54) is 0 Å². The molecular formula is C15H23FN2O. The molecule has 1 aromatic rings. The van der Waals surface area contributed by atoms with Crippen molar-refractivity contribution >= 4 is 0 Å². The highest BCUT2D eigenvalue weighted by Crippen LogP contribution is 2.29. The van der Waals surface area contributed by atoms with E-state index in [0.717, 1.165) is 43.1 Å². The number of benzene rings is 1. The number of nitrogens with one attached hydrogen (secondary N) is 1. The van der Waals surface area contributed by atoms with Gasteiger partial charge in [-0.3, -0.25) is 9.29 Å². The van der Waals surface area contributed by atoms with Crippen molar-refractivity contribution in [3.8, 4) is 5.75 Å². The van der Waals surface area contributed by atoms with E-state index in [2.05, 4.69) is 28.4 Å². The smallest absolute Gasteiger partial charge is 0.122 e. The summed E-state index contributed by atoms with van der Waals surface area (Å²) in [5.41, 5.74) is 2.27. The summed E-state index contributed by atoms with van der Waals surface area (Å²) in [6.45, 7) is 5.64. The lowest BCUT2D eigenvalue weighted by Gasteiger charge is -2.35.